The highest BCUT2D eigenvalue weighted by atomic mass is 35.5. The highest BCUT2D eigenvalue weighted by Gasteiger charge is 2.47. The van der Waals surface area contributed by atoms with Crippen LogP contribution in [0.5, 0.6) is 0 Å². The van der Waals surface area contributed by atoms with Crippen molar-refractivity contribution < 1.29 is 19.4 Å². The molecule has 0 bridgehead atoms. The molecule has 1 aliphatic heterocycles. The molecule has 23 heavy (non-hydrogen) atoms. The van der Waals surface area contributed by atoms with Gasteiger partial charge in [0.05, 0.1) is 28.6 Å². The first-order valence-electron chi connectivity index (χ1n) is 7.47. The molecule has 124 valence electrons. The summed E-state index contributed by atoms with van der Waals surface area (Å²) in [7, 11) is 0. The van der Waals surface area contributed by atoms with Gasteiger partial charge in [0.15, 0.2) is 0 Å². The van der Waals surface area contributed by atoms with Crippen molar-refractivity contribution in [3.05, 3.63) is 33.8 Å². The zero-order valence-electron chi connectivity index (χ0n) is 12.4. The Morgan fingerprint density at radius 2 is 2.13 bits per heavy atom. The van der Waals surface area contributed by atoms with Crippen LogP contribution in [0, 0.1) is 5.92 Å². The van der Waals surface area contributed by atoms with E-state index in [0.717, 1.165) is 12.0 Å². The normalized spacial score (nSPS) is 29.3. The molecule has 1 heterocycles. The van der Waals surface area contributed by atoms with Gasteiger partial charge in [0.1, 0.15) is 0 Å². The third-order valence-corrected chi connectivity index (χ3v) is 5.22. The number of carbonyl (C=O) groups excluding carboxylic acids is 1. The molecular formula is C16H17Cl2NO4. The van der Waals surface area contributed by atoms with E-state index in [4.69, 9.17) is 33.0 Å². The van der Waals surface area contributed by atoms with Crippen molar-refractivity contribution >= 4 is 35.1 Å². The van der Waals surface area contributed by atoms with Crippen LogP contribution in [-0.4, -0.2) is 35.7 Å². The second-order valence-electron chi connectivity index (χ2n) is 6.26. The number of halogens is 2. The van der Waals surface area contributed by atoms with Crippen molar-refractivity contribution in [2.75, 3.05) is 13.2 Å². The van der Waals surface area contributed by atoms with E-state index in [1.54, 1.807) is 12.1 Å². The number of nitrogens with one attached hydrogen (secondary N) is 1. The Bertz CT molecular complexity index is 643. The average molecular weight is 358 g/mol. The maximum absolute atomic E-state index is 12.5. The number of hydrogen-bond donors (Lipinski definition) is 2. The van der Waals surface area contributed by atoms with Crippen LogP contribution >= 0.6 is 23.2 Å². The number of ether oxygens (including phenoxy) is 1. The van der Waals surface area contributed by atoms with E-state index in [1.807, 2.05) is 6.07 Å². The van der Waals surface area contributed by atoms with Gasteiger partial charge in [-0.3, -0.25) is 9.59 Å². The van der Waals surface area contributed by atoms with Crippen LogP contribution in [0.4, 0.5) is 0 Å². The Kier molecular flexibility index (Phi) is 4.54. The quantitative estimate of drug-likeness (QED) is 0.849. The van der Waals surface area contributed by atoms with Gasteiger partial charge >= 0.3 is 5.97 Å². The van der Waals surface area contributed by atoms with Gasteiger partial charge in [0.2, 0.25) is 5.91 Å². The van der Waals surface area contributed by atoms with Crippen LogP contribution in [0.25, 0.3) is 0 Å². The third-order valence-electron chi connectivity index (χ3n) is 4.48. The highest BCUT2D eigenvalue weighted by Crippen LogP contribution is 2.49. The van der Waals surface area contributed by atoms with Gasteiger partial charge in [-0.1, -0.05) is 29.3 Å². The zero-order valence-corrected chi connectivity index (χ0v) is 13.9. The molecule has 3 atom stereocenters. The molecule has 1 saturated carbocycles. The lowest BCUT2D eigenvalue weighted by Crippen LogP contribution is -2.51. The Morgan fingerprint density at radius 3 is 2.74 bits per heavy atom. The van der Waals surface area contributed by atoms with E-state index in [2.05, 4.69) is 5.32 Å². The lowest BCUT2D eigenvalue weighted by molar-refractivity contribution is -0.139. The minimum Gasteiger partial charge on any atom is -0.481 e. The molecule has 0 spiro atoms. The van der Waals surface area contributed by atoms with E-state index >= 15 is 0 Å². The largest absolute Gasteiger partial charge is 0.481 e. The lowest BCUT2D eigenvalue weighted by Gasteiger charge is -2.27. The van der Waals surface area contributed by atoms with E-state index in [-0.39, 0.29) is 30.8 Å². The van der Waals surface area contributed by atoms with Gasteiger partial charge in [0.25, 0.3) is 0 Å². The summed E-state index contributed by atoms with van der Waals surface area (Å²) in [4.78, 5) is 23.5. The van der Waals surface area contributed by atoms with Crippen molar-refractivity contribution in [1.82, 2.24) is 5.32 Å². The van der Waals surface area contributed by atoms with Gasteiger partial charge in [0, 0.05) is 12.5 Å². The molecule has 1 aromatic rings. The Labute approximate surface area is 143 Å². The number of carboxylic acids is 1. The summed E-state index contributed by atoms with van der Waals surface area (Å²) < 4.78 is 5.29. The summed E-state index contributed by atoms with van der Waals surface area (Å²) in [6.07, 6.45) is 1.13. The molecular weight excluding hydrogens is 341 g/mol. The topological polar surface area (TPSA) is 75.6 Å². The monoisotopic (exact) mass is 357 g/mol. The third kappa shape index (κ3) is 3.62. The Balaban J connectivity index is 1.65. The summed E-state index contributed by atoms with van der Waals surface area (Å²) in [6.45, 7) is 0.712. The summed E-state index contributed by atoms with van der Waals surface area (Å²) in [5.41, 5.74) is 0.197. The van der Waals surface area contributed by atoms with Crippen molar-refractivity contribution in [2.24, 2.45) is 5.92 Å². The standard InChI is InChI=1S/C16H17Cl2NO4/c17-12-2-1-9(5-13(12)18)10-6-11(10)15(22)19-16(7-14(20)21)3-4-23-8-16/h1-2,5,10-11H,3-4,6-8H2,(H,19,22)(H,20,21). The second-order valence-corrected chi connectivity index (χ2v) is 7.08. The minimum absolute atomic E-state index is 0.106. The fourth-order valence-corrected chi connectivity index (χ4v) is 3.44. The Hall–Kier alpha value is -1.30. The van der Waals surface area contributed by atoms with Gasteiger partial charge < -0.3 is 15.2 Å². The van der Waals surface area contributed by atoms with Crippen molar-refractivity contribution in [2.45, 2.75) is 30.7 Å². The van der Waals surface area contributed by atoms with Crippen molar-refractivity contribution in [3.63, 3.8) is 0 Å². The molecule has 7 heteroatoms. The summed E-state index contributed by atoms with van der Waals surface area (Å²) in [5, 5.41) is 12.9. The van der Waals surface area contributed by atoms with Crippen LogP contribution in [0.15, 0.2) is 18.2 Å². The molecule has 1 saturated heterocycles. The molecule has 2 aliphatic rings. The van der Waals surface area contributed by atoms with Crippen LogP contribution in [0.3, 0.4) is 0 Å². The molecule has 2 fully saturated rings. The van der Waals surface area contributed by atoms with Crippen LogP contribution < -0.4 is 5.32 Å². The number of carbonyl (C=O) groups is 2. The zero-order chi connectivity index (χ0) is 16.6. The predicted molar refractivity (Wildman–Crippen MR) is 85.9 cm³/mol. The second kappa shape index (κ2) is 6.30. The molecule has 0 radical (unpaired) electrons. The molecule has 2 N–H and O–H groups in total. The minimum atomic E-state index is -0.937. The smallest absolute Gasteiger partial charge is 0.305 e. The van der Waals surface area contributed by atoms with Gasteiger partial charge in [-0.2, -0.15) is 0 Å². The molecule has 3 rings (SSSR count). The van der Waals surface area contributed by atoms with Gasteiger partial charge in [-0.15, -0.1) is 0 Å². The number of carboxylic acid groups (broad SMARTS) is 1. The number of benzene rings is 1. The van der Waals surface area contributed by atoms with Crippen molar-refractivity contribution in [3.8, 4) is 0 Å². The maximum Gasteiger partial charge on any atom is 0.305 e. The van der Waals surface area contributed by atoms with E-state index in [1.165, 1.54) is 0 Å². The van der Waals surface area contributed by atoms with Crippen molar-refractivity contribution in [1.29, 1.82) is 0 Å². The van der Waals surface area contributed by atoms with E-state index < -0.39 is 11.5 Å². The van der Waals surface area contributed by atoms with E-state index in [9.17, 15) is 9.59 Å². The SMILES string of the molecule is O=C(O)CC1(NC(=O)C2CC2c2ccc(Cl)c(Cl)c2)CCOC1. The first-order chi connectivity index (χ1) is 10.9. The summed E-state index contributed by atoms with van der Waals surface area (Å²) in [6, 6.07) is 5.38. The maximum atomic E-state index is 12.5. The number of rotatable bonds is 5. The first-order valence-corrected chi connectivity index (χ1v) is 8.22. The number of aliphatic carboxylic acids is 1. The highest BCUT2D eigenvalue weighted by molar-refractivity contribution is 6.42. The molecule has 1 aliphatic carbocycles. The average Bonchev–Trinajstić information content (AvgIpc) is 3.16. The van der Waals surface area contributed by atoms with Crippen LogP contribution in [0.1, 0.15) is 30.7 Å². The van der Waals surface area contributed by atoms with Gasteiger partial charge in [-0.25, -0.2) is 0 Å². The lowest BCUT2D eigenvalue weighted by atomic mass is 9.94. The Morgan fingerprint density at radius 1 is 1.35 bits per heavy atom. The van der Waals surface area contributed by atoms with Crippen LogP contribution in [-0.2, 0) is 14.3 Å². The number of hydrogen-bond acceptors (Lipinski definition) is 3. The molecule has 1 aromatic carbocycles. The summed E-state index contributed by atoms with van der Waals surface area (Å²) in [5.74, 6) is -1.10. The fraction of sp³-hybridized carbons (Fsp3) is 0.500. The predicted octanol–water partition coefficient (Wildman–Crippen LogP) is 2.85. The van der Waals surface area contributed by atoms with E-state index in [0.29, 0.717) is 23.1 Å². The number of amides is 1. The summed E-state index contributed by atoms with van der Waals surface area (Å²) >= 11 is 11.9. The van der Waals surface area contributed by atoms with Crippen LogP contribution in [0.2, 0.25) is 10.0 Å². The fourth-order valence-electron chi connectivity index (χ4n) is 3.13. The molecule has 3 unspecified atom stereocenters. The molecule has 1 amide bonds. The molecule has 5 nitrogen and oxygen atoms in total. The molecule has 0 aromatic heterocycles. The van der Waals surface area contributed by atoms with Gasteiger partial charge in [-0.05, 0) is 36.5 Å². The first kappa shape index (κ1) is 16.6.